The van der Waals surface area contributed by atoms with E-state index in [2.05, 4.69) is 26.9 Å². The van der Waals surface area contributed by atoms with Crippen LogP contribution in [0.2, 0.25) is 0 Å². The van der Waals surface area contributed by atoms with Crippen molar-refractivity contribution in [2.24, 2.45) is 26.4 Å². The van der Waals surface area contributed by atoms with E-state index in [0.717, 1.165) is 19.3 Å². The predicted molar refractivity (Wildman–Crippen MR) is 109 cm³/mol. The topological polar surface area (TPSA) is 118 Å². The van der Waals surface area contributed by atoms with Gasteiger partial charge < -0.3 is 16.8 Å². The van der Waals surface area contributed by atoms with E-state index in [0.29, 0.717) is 5.56 Å². The number of nitrogens with one attached hydrogen (secondary N) is 1. The van der Waals surface area contributed by atoms with Gasteiger partial charge in [-0.2, -0.15) is 0 Å². The van der Waals surface area contributed by atoms with Crippen LogP contribution in [0.15, 0.2) is 57.9 Å². The molecular weight excluding hydrogens is 366 g/mol. The molecule has 150 valence electrons. The third kappa shape index (κ3) is 7.10. The fourth-order valence-electron chi connectivity index (χ4n) is 2.17. The van der Waals surface area contributed by atoms with E-state index in [4.69, 9.17) is 11.5 Å². The zero-order valence-corrected chi connectivity index (χ0v) is 16.0. The molecule has 1 aromatic rings. The fourth-order valence-corrected chi connectivity index (χ4v) is 2.17. The number of amides is 1. The zero-order chi connectivity index (χ0) is 21.3. The fraction of sp³-hybridized carbons (Fsp3) is 0.263. The Morgan fingerprint density at radius 3 is 2.54 bits per heavy atom. The number of aliphatic imine (C=N–C) groups is 3. The van der Waals surface area contributed by atoms with Crippen molar-refractivity contribution in [1.82, 2.24) is 5.32 Å². The summed E-state index contributed by atoms with van der Waals surface area (Å²) in [4.78, 5) is 24.4. The van der Waals surface area contributed by atoms with Crippen LogP contribution in [0.5, 0.6) is 0 Å². The summed E-state index contributed by atoms with van der Waals surface area (Å²) in [6, 6.07) is 3.32. The summed E-state index contributed by atoms with van der Waals surface area (Å²) < 4.78 is 27.2. The molecule has 1 atom stereocenters. The minimum atomic E-state index is -3.06. The number of allylic oxidation sites excluding steroid dienone is 1. The van der Waals surface area contributed by atoms with E-state index in [1.807, 2.05) is 0 Å². The van der Waals surface area contributed by atoms with Crippen molar-refractivity contribution < 1.29 is 13.6 Å². The SMILES string of the molecule is C=C(N=C/C=C\N)N=C(N=CN)C(C)NC(=O)c1cc(C)cc(C(C)(F)F)c1. The van der Waals surface area contributed by atoms with Crippen LogP contribution in [0, 0.1) is 6.92 Å². The molecule has 0 radical (unpaired) electrons. The quantitative estimate of drug-likeness (QED) is 0.490. The standard InChI is InChI=1S/C19H24F2N6O/c1-12-8-15(10-16(9-12)19(4,20)21)18(28)26-13(2)17(25-11-23)27-14(3)24-7-5-6-22/h5-11,13H,3,22H2,1-2,4H3,(H,26,28)(H2,23,25,27)/b6-5-,24-7?. The van der Waals surface area contributed by atoms with Crippen molar-refractivity contribution in [3.63, 3.8) is 0 Å². The number of alkyl halides is 2. The van der Waals surface area contributed by atoms with Gasteiger partial charge in [0.15, 0.2) is 5.84 Å². The van der Waals surface area contributed by atoms with Crippen molar-refractivity contribution in [2.45, 2.75) is 32.7 Å². The first-order chi connectivity index (χ1) is 13.1. The molecule has 1 aromatic carbocycles. The number of carbonyl (C=O) groups excluding carboxylic acids is 1. The minimum absolute atomic E-state index is 0.101. The van der Waals surface area contributed by atoms with Gasteiger partial charge in [-0.3, -0.25) is 4.79 Å². The molecular formula is C19H24F2N6O. The Morgan fingerprint density at radius 1 is 1.29 bits per heavy atom. The maximum absolute atomic E-state index is 13.6. The Labute approximate surface area is 162 Å². The highest BCUT2D eigenvalue weighted by Gasteiger charge is 2.26. The third-order valence-corrected chi connectivity index (χ3v) is 3.45. The number of rotatable bonds is 7. The van der Waals surface area contributed by atoms with Crippen molar-refractivity contribution in [3.05, 3.63) is 59.6 Å². The molecule has 0 bridgehead atoms. The average molecular weight is 390 g/mol. The lowest BCUT2D eigenvalue weighted by molar-refractivity contribution is 0.0174. The average Bonchev–Trinajstić information content (AvgIpc) is 2.60. The first kappa shape index (κ1) is 22.7. The number of carbonyl (C=O) groups is 1. The second-order valence-electron chi connectivity index (χ2n) is 6.00. The first-order valence-corrected chi connectivity index (χ1v) is 8.32. The Balaban J connectivity index is 3.06. The number of hydrogen-bond acceptors (Lipinski definition) is 4. The first-order valence-electron chi connectivity index (χ1n) is 8.32. The van der Waals surface area contributed by atoms with E-state index < -0.39 is 17.9 Å². The van der Waals surface area contributed by atoms with Crippen molar-refractivity contribution >= 4 is 24.3 Å². The van der Waals surface area contributed by atoms with Gasteiger partial charge in [0, 0.05) is 24.3 Å². The third-order valence-electron chi connectivity index (χ3n) is 3.45. The number of amidine groups is 1. The minimum Gasteiger partial charge on any atom is -0.405 e. The van der Waals surface area contributed by atoms with Crippen LogP contribution >= 0.6 is 0 Å². The molecule has 0 aromatic heterocycles. The number of benzene rings is 1. The zero-order valence-electron chi connectivity index (χ0n) is 16.0. The number of hydrogen-bond donors (Lipinski definition) is 3. The molecule has 1 amide bonds. The molecule has 1 unspecified atom stereocenters. The van der Waals surface area contributed by atoms with Gasteiger partial charge in [0.2, 0.25) is 0 Å². The number of nitrogens with zero attached hydrogens (tertiary/aromatic N) is 3. The van der Waals surface area contributed by atoms with E-state index in [1.165, 1.54) is 30.6 Å². The monoisotopic (exact) mass is 390 g/mol. The Kier molecular flexibility index (Phi) is 8.18. The van der Waals surface area contributed by atoms with Gasteiger partial charge in [-0.25, -0.2) is 23.8 Å². The van der Waals surface area contributed by atoms with Gasteiger partial charge in [0.05, 0.1) is 12.4 Å². The molecule has 5 N–H and O–H groups in total. The molecule has 7 nitrogen and oxygen atoms in total. The van der Waals surface area contributed by atoms with Gasteiger partial charge in [-0.05, 0) is 43.8 Å². The largest absolute Gasteiger partial charge is 0.405 e. The molecule has 0 aliphatic heterocycles. The molecule has 9 heteroatoms. The van der Waals surface area contributed by atoms with Gasteiger partial charge in [-0.1, -0.05) is 12.6 Å². The smallest absolute Gasteiger partial charge is 0.270 e. The highest BCUT2D eigenvalue weighted by atomic mass is 19.3. The van der Waals surface area contributed by atoms with Crippen LogP contribution in [-0.4, -0.2) is 30.3 Å². The molecule has 0 saturated carbocycles. The molecule has 0 aliphatic rings. The second kappa shape index (κ2) is 10.1. The summed E-state index contributed by atoms with van der Waals surface area (Å²) in [5.74, 6) is -3.36. The lowest BCUT2D eigenvalue weighted by atomic mass is 10.0. The lowest BCUT2D eigenvalue weighted by Crippen LogP contribution is -2.38. The molecule has 0 spiro atoms. The summed E-state index contributed by atoms with van der Waals surface area (Å²) in [5, 5.41) is 2.65. The lowest BCUT2D eigenvalue weighted by Gasteiger charge is -2.16. The van der Waals surface area contributed by atoms with Crippen molar-refractivity contribution in [1.29, 1.82) is 0 Å². The Hall–Kier alpha value is -3.36. The van der Waals surface area contributed by atoms with Crippen LogP contribution in [0.25, 0.3) is 0 Å². The molecule has 0 heterocycles. The Morgan fingerprint density at radius 2 is 1.96 bits per heavy atom. The molecule has 0 saturated heterocycles. The van der Waals surface area contributed by atoms with E-state index in [-0.39, 0.29) is 22.8 Å². The predicted octanol–water partition coefficient (Wildman–Crippen LogP) is 2.62. The van der Waals surface area contributed by atoms with Crippen LogP contribution < -0.4 is 16.8 Å². The number of aryl methyl sites for hydroxylation is 1. The number of halogens is 2. The number of nitrogens with two attached hydrogens (primary N) is 2. The highest BCUT2D eigenvalue weighted by Crippen LogP contribution is 2.28. The van der Waals surface area contributed by atoms with Crippen molar-refractivity contribution in [3.8, 4) is 0 Å². The van der Waals surface area contributed by atoms with E-state index in [1.54, 1.807) is 13.8 Å². The summed E-state index contributed by atoms with van der Waals surface area (Å²) in [7, 11) is 0. The molecule has 0 fully saturated rings. The second-order valence-corrected chi connectivity index (χ2v) is 6.00. The highest BCUT2D eigenvalue weighted by molar-refractivity contribution is 6.00. The summed E-state index contributed by atoms with van der Waals surface area (Å²) in [5.41, 5.74) is 10.9. The maximum Gasteiger partial charge on any atom is 0.270 e. The van der Waals surface area contributed by atoms with Gasteiger partial charge in [-0.15, -0.1) is 0 Å². The van der Waals surface area contributed by atoms with Gasteiger partial charge >= 0.3 is 0 Å². The maximum atomic E-state index is 13.6. The molecule has 1 rings (SSSR count). The van der Waals surface area contributed by atoms with E-state index in [9.17, 15) is 13.6 Å². The van der Waals surface area contributed by atoms with Crippen LogP contribution in [0.4, 0.5) is 8.78 Å². The van der Waals surface area contributed by atoms with Gasteiger partial charge in [0.25, 0.3) is 11.8 Å². The summed E-state index contributed by atoms with van der Waals surface area (Å²) >= 11 is 0. The van der Waals surface area contributed by atoms with Gasteiger partial charge in [0.1, 0.15) is 5.82 Å². The van der Waals surface area contributed by atoms with Crippen LogP contribution in [-0.2, 0) is 5.92 Å². The van der Waals surface area contributed by atoms with Crippen LogP contribution in [0.3, 0.4) is 0 Å². The summed E-state index contributed by atoms with van der Waals surface area (Å²) in [6.45, 7) is 7.68. The summed E-state index contributed by atoms with van der Waals surface area (Å²) in [6.07, 6.45) is 5.17. The van der Waals surface area contributed by atoms with E-state index >= 15 is 0 Å². The molecule has 0 aliphatic carbocycles. The normalized spacial score (nSPS) is 14.1. The van der Waals surface area contributed by atoms with Crippen molar-refractivity contribution in [2.75, 3.05) is 0 Å². The van der Waals surface area contributed by atoms with Crippen LogP contribution in [0.1, 0.15) is 35.3 Å². The molecule has 28 heavy (non-hydrogen) atoms. The Bertz CT molecular complexity index is 837.